The maximum atomic E-state index is 13.2. The third kappa shape index (κ3) is 7.24. The number of carbonyl (C=O) groups is 2. The van der Waals surface area contributed by atoms with Crippen LogP contribution >= 0.6 is 0 Å². The number of piperidine rings is 1. The van der Waals surface area contributed by atoms with Crippen molar-refractivity contribution in [3.8, 4) is 0 Å². The highest BCUT2D eigenvalue weighted by molar-refractivity contribution is 5.91. The Bertz CT molecular complexity index is 838. The monoisotopic (exact) mass is 414 g/mol. The quantitative estimate of drug-likeness (QED) is 0.477. The Morgan fingerprint density at radius 2 is 1.73 bits per heavy atom. The number of halogens is 1. The summed E-state index contributed by atoms with van der Waals surface area (Å²) in [6.07, 6.45) is 1.93. The molecule has 0 bridgehead atoms. The van der Waals surface area contributed by atoms with E-state index < -0.39 is 5.82 Å². The van der Waals surface area contributed by atoms with E-state index in [-0.39, 0.29) is 30.9 Å². The van der Waals surface area contributed by atoms with Crippen molar-refractivity contribution in [2.24, 2.45) is 0 Å². The molecule has 2 amide bonds. The zero-order valence-corrected chi connectivity index (χ0v) is 17.4. The third-order valence-corrected chi connectivity index (χ3v) is 5.39. The topological polar surface area (TPSA) is 67.1 Å². The molecular formula is C23H31FN4O2+2. The number of likely N-dealkylation sites (N-methyl/N-ethyl adjacent to an activating group) is 1. The van der Waals surface area contributed by atoms with Crippen molar-refractivity contribution in [3.63, 3.8) is 0 Å². The van der Waals surface area contributed by atoms with Crippen molar-refractivity contribution in [2.45, 2.75) is 25.4 Å². The van der Waals surface area contributed by atoms with Gasteiger partial charge in [0.2, 0.25) is 0 Å². The number of benzene rings is 2. The second-order valence-electron chi connectivity index (χ2n) is 8.12. The fourth-order valence-electron chi connectivity index (χ4n) is 3.89. The largest absolute Gasteiger partial charge is 0.348 e. The summed E-state index contributed by atoms with van der Waals surface area (Å²) in [5.41, 5.74) is 1.76. The Morgan fingerprint density at radius 3 is 2.43 bits per heavy atom. The molecule has 0 saturated carbocycles. The van der Waals surface area contributed by atoms with Gasteiger partial charge in [0.1, 0.15) is 12.4 Å². The van der Waals surface area contributed by atoms with Gasteiger partial charge >= 0.3 is 0 Å². The van der Waals surface area contributed by atoms with Gasteiger partial charge in [-0.05, 0) is 18.2 Å². The van der Waals surface area contributed by atoms with Crippen LogP contribution in [0.4, 0.5) is 10.1 Å². The number of anilines is 1. The molecule has 6 nitrogen and oxygen atoms in total. The molecule has 1 saturated heterocycles. The van der Waals surface area contributed by atoms with Gasteiger partial charge in [0.05, 0.1) is 20.1 Å². The molecule has 0 radical (unpaired) electrons. The van der Waals surface area contributed by atoms with Crippen LogP contribution in [0.25, 0.3) is 0 Å². The fraction of sp³-hybridized carbons (Fsp3) is 0.391. The van der Waals surface area contributed by atoms with Crippen LogP contribution in [0.2, 0.25) is 0 Å². The van der Waals surface area contributed by atoms with E-state index in [4.69, 9.17) is 0 Å². The molecule has 1 aliphatic rings. The molecule has 7 heteroatoms. The van der Waals surface area contributed by atoms with E-state index in [0.717, 1.165) is 37.4 Å². The summed E-state index contributed by atoms with van der Waals surface area (Å²) in [7, 11) is 1.80. The molecule has 0 aromatic heterocycles. The molecule has 1 atom stereocenters. The molecule has 160 valence electrons. The zero-order chi connectivity index (χ0) is 21.3. The summed E-state index contributed by atoms with van der Waals surface area (Å²) < 4.78 is 13.2. The minimum absolute atomic E-state index is 0.0393. The van der Waals surface area contributed by atoms with Crippen LogP contribution < -0.4 is 20.4 Å². The molecule has 1 aliphatic heterocycles. The number of likely N-dealkylation sites (tertiary alicyclic amines) is 1. The van der Waals surface area contributed by atoms with E-state index in [1.165, 1.54) is 17.7 Å². The summed E-state index contributed by atoms with van der Waals surface area (Å²) in [5.74, 6) is -0.684. The molecule has 2 aromatic rings. The van der Waals surface area contributed by atoms with Crippen molar-refractivity contribution < 1.29 is 23.8 Å². The first-order chi connectivity index (χ1) is 14.5. The lowest BCUT2D eigenvalue weighted by Crippen LogP contribution is -3.12. The Hall–Kier alpha value is -2.77. The predicted molar refractivity (Wildman–Crippen MR) is 114 cm³/mol. The van der Waals surface area contributed by atoms with Crippen molar-refractivity contribution in [3.05, 3.63) is 66.0 Å². The second kappa shape index (κ2) is 10.8. The van der Waals surface area contributed by atoms with Gasteiger partial charge in [-0.25, -0.2) is 4.39 Å². The van der Waals surface area contributed by atoms with Crippen LogP contribution in [0.5, 0.6) is 0 Å². The van der Waals surface area contributed by atoms with Crippen LogP contribution in [0, 0.1) is 5.82 Å². The van der Waals surface area contributed by atoms with Gasteiger partial charge < -0.3 is 20.4 Å². The molecule has 2 aromatic carbocycles. The van der Waals surface area contributed by atoms with E-state index >= 15 is 0 Å². The summed E-state index contributed by atoms with van der Waals surface area (Å²) in [4.78, 5) is 26.8. The molecule has 1 heterocycles. The standard InChI is InChI=1S/C23H29FN4O2/c1-27(17-23(30)26-21-9-5-8-19(24)14-21)16-22(29)25-20-10-12-28(13-11-20)15-18-6-3-2-4-7-18/h2-9,14,20H,10-13,15-17H2,1H3,(H,25,29)(H,26,30)/p+2. The lowest BCUT2D eigenvalue weighted by Gasteiger charge is -2.30. The van der Waals surface area contributed by atoms with Gasteiger partial charge in [0.25, 0.3) is 11.8 Å². The Morgan fingerprint density at radius 1 is 1.03 bits per heavy atom. The van der Waals surface area contributed by atoms with Crippen LogP contribution in [0.1, 0.15) is 18.4 Å². The summed E-state index contributed by atoms with van der Waals surface area (Å²) >= 11 is 0. The number of amides is 2. The molecule has 0 aliphatic carbocycles. The van der Waals surface area contributed by atoms with E-state index in [1.54, 1.807) is 24.1 Å². The number of nitrogens with one attached hydrogen (secondary N) is 4. The number of hydrogen-bond acceptors (Lipinski definition) is 2. The highest BCUT2D eigenvalue weighted by Crippen LogP contribution is 2.08. The number of quaternary nitrogens is 2. The van der Waals surface area contributed by atoms with Crippen molar-refractivity contribution >= 4 is 17.5 Å². The van der Waals surface area contributed by atoms with Crippen LogP contribution in [-0.4, -0.2) is 51.1 Å². The first-order valence-corrected chi connectivity index (χ1v) is 10.5. The van der Waals surface area contributed by atoms with Crippen molar-refractivity contribution in [1.82, 2.24) is 5.32 Å². The lowest BCUT2D eigenvalue weighted by molar-refractivity contribution is -0.918. The van der Waals surface area contributed by atoms with Crippen molar-refractivity contribution in [1.29, 1.82) is 0 Å². The van der Waals surface area contributed by atoms with Gasteiger partial charge in [-0.1, -0.05) is 36.4 Å². The van der Waals surface area contributed by atoms with E-state index in [2.05, 4.69) is 34.9 Å². The number of hydrogen-bond donors (Lipinski definition) is 4. The van der Waals surface area contributed by atoms with Gasteiger partial charge in [0.15, 0.2) is 13.1 Å². The zero-order valence-electron chi connectivity index (χ0n) is 17.4. The molecule has 3 rings (SSSR count). The maximum absolute atomic E-state index is 13.2. The molecule has 1 fully saturated rings. The van der Waals surface area contributed by atoms with Gasteiger partial charge in [-0.2, -0.15) is 0 Å². The SMILES string of the molecule is C[NH+](CC(=O)Nc1cccc(F)c1)CC(=O)NC1CC[NH+](Cc2ccccc2)CC1. The summed E-state index contributed by atoms with van der Waals surface area (Å²) in [6, 6.07) is 16.5. The summed E-state index contributed by atoms with van der Waals surface area (Å²) in [6.45, 7) is 3.48. The molecule has 1 unspecified atom stereocenters. The van der Waals surface area contributed by atoms with E-state index in [1.807, 2.05) is 6.07 Å². The first-order valence-electron chi connectivity index (χ1n) is 10.5. The van der Waals surface area contributed by atoms with Crippen molar-refractivity contribution in [2.75, 3.05) is 38.5 Å². The normalized spacial score (nSPS) is 19.7. The highest BCUT2D eigenvalue weighted by atomic mass is 19.1. The fourth-order valence-corrected chi connectivity index (χ4v) is 3.89. The van der Waals surface area contributed by atoms with E-state index in [0.29, 0.717) is 5.69 Å². The Kier molecular flexibility index (Phi) is 7.93. The molecule has 0 spiro atoms. The minimum atomic E-state index is -0.399. The van der Waals surface area contributed by atoms with Gasteiger partial charge in [-0.15, -0.1) is 0 Å². The number of rotatable bonds is 8. The van der Waals surface area contributed by atoms with Gasteiger partial charge in [-0.3, -0.25) is 9.59 Å². The second-order valence-corrected chi connectivity index (χ2v) is 8.12. The van der Waals surface area contributed by atoms with Crippen LogP contribution in [-0.2, 0) is 16.1 Å². The predicted octanol–water partition coefficient (Wildman–Crippen LogP) is -0.357. The van der Waals surface area contributed by atoms with Gasteiger partial charge in [0, 0.05) is 30.1 Å². The van der Waals surface area contributed by atoms with E-state index in [9.17, 15) is 14.0 Å². The average molecular weight is 415 g/mol. The Balaban J connectivity index is 1.34. The number of carbonyl (C=O) groups excluding carboxylic acids is 2. The highest BCUT2D eigenvalue weighted by Gasteiger charge is 2.24. The first kappa shape index (κ1) is 21.9. The lowest BCUT2D eigenvalue weighted by atomic mass is 10.0. The van der Waals surface area contributed by atoms with Crippen LogP contribution in [0.15, 0.2) is 54.6 Å². The average Bonchev–Trinajstić information content (AvgIpc) is 2.70. The Labute approximate surface area is 177 Å². The minimum Gasteiger partial charge on any atom is -0.348 e. The molecule has 4 N–H and O–H groups in total. The third-order valence-electron chi connectivity index (χ3n) is 5.39. The smallest absolute Gasteiger partial charge is 0.279 e. The maximum Gasteiger partial charge on any atom is 0.279 e. The summed E-state index contributed by atoms with van der Waals surface area (Å²) in [5, 5.41) is 5.77. The molecule has 30 heavy (non-hydrogen) atoms. The van der Waals surface area contributed by atoms with Crippen LogP contribution in [0.3, 0.4) is 0 Å². The molecular weight excluding hydrogens is 383 g/mol.